The number of alkyl halides is 3. The molecule has 0 saturated heterocycles. The summed E-state index contributed by atoms with van der Waals surface area (Å²) in [6, 6.07) is 5.04. The Morgan fingerprint density at radius 1 is 1.07 bits per heavy atom. The molecule has 146 valence electrons. The predicted molar refractivity (Wildman–Crippen MR) is 89.0 cm³/mol. The average Bonchev–Trinajstić information content (AvgIpc) is 3.01. The van der Waals surface area contributed by atoms with E-state index in [-0.39, 0.29) is 16.5 Å². The van der Waals surface area contributed by atoms with E-state index in [9.17, 15) is 36.6 Å². The van der Waals surface area contributed by atoms with Gasteiger partial charge in [-0.15, -0.1) is 0 Å². The number of carbonyl (C=O) groups excluding carboxylic acids is 1. The minimum absolute atomic E-state index is 0.0523. The highest BCUT2D eigenvalue weighted by Crippen LogP contribution is 2.35. The molecule has 3 aromatic rings. The fourth-order valence-electron chi connectivity index (χ4n) is 2.95. The van der Waals surface area contributed by atoms with Gasteiger partial charge in [-0.3, -0.25) is 9.59 Å². The summed E-state index contributed by atoms with van der Waals surface area (Å²) < 4.78 is 65.2. The number of halogens is 5. The topological polar surface area (TPSA) is 70.2 Å². The van der Waals surface area contributed by atoms with Gasteiger partial charge in [-0.05, 0) is 29.8 Å². The molecular formula is C19H12F5NO3. The zero-order chi connectivity index (χ0) is 20.6. The van der Waals surface area contributed by atoms with Gasteiger partial charge in [0.1, 0.15) is 11.6 Å². The Morgan fingerprint density at radius 2 is 1.79 bits per heavy atom. The molecule has 0 fully saturated rings. The molecule has 0 bridgehead atoms. The van der Waals surface area contributed by atoms with Crippen LogP contribution in [0.2, 0.25) is 0 Å². The second kappa shape index (κ2) is 7.06. The van der Waals surface area contributed by atoms with Crippen molar-refractivity contribution in [2.24, 2.45) is 0 Å². The minimum atomic E-state index is -4.57. The van der Waals surface area contributed by atoms with Gasteiger partial charge in [0, 0.05) is 29.6 Å². The Balaban J connectivity index is 1.96. The van der Waals surface area contributed by atoms with E-state index in [2.05, 4.69) is 4.98 Å². The maximum Gasteiger partial charge on any atom is 0.416 e. The zero-order valence-corrected chi connectivity index (χ0v) is 14.0. The smallest absolute Gasteiger partial charge is 0.416 e. The van der Waals surface area contributed by atoms with Crippen molar-refractivity contribution < 1.29 is 36.6 Å². The van der Waals surface area contributed by atoms with Gasteiger partial charge in [0.05, 0.1) is 17.0 Å². The molecule has 4 nitrogen and oxygen atoms in total. The normalized spacial score (nSPS) is 12.9. The summed E-state index contributed by atoms with van der Waals surface area (Å²) in [5, 5.41) is 9.70. The van der Waals surface area contributed by atoms with Crippen LogP contribution in [0, 0.1) is 11.6 Å². The van der Waals surface area contributed by atoms with Gasteiger partial charge in [-0.25, -0.2) is 8.78 Å². The minimum Gasteiger partial charge on any atom is -0.481 e. The van der Waals surface area contributed by atoms with E-state index >= 15 is 0 Å². The first-order valence-electron chi connectivity index (χ1n) is 7.97. The average molecular weight is 397 g/mol. The third-order valence-electron chi connectivity index (χ3n) is 4.34. The molecule has 0 radical (unpaired) electrons. The third kappa shape index (κ3) is 3.73. The van der Waals surface area contributed by atoms with Gasteiger partial charge in [0.2, 0.25) is 0 Å². The van der Waals surface area contributed by atoms with E-state index in [0.717, 1.165) is 30.3 Å². The monoisotopic (exact) mass is 397 g/mol. The van der Waals surface area contributed by atoms with Crippen LogP contribution < -0.4 is 0 Å². The van der Waals surface area contributed by atoms with Crippen molar-refractivity contribution in [3.8, 4) is 0 Å². The van der Waals surface area contributed by atoms with Crippen molar-refractivity contribution in [2.45, 2.75) is 18.5 Å². The molecule has 1 unspecified atom stereocenters. The fourth-order valence-corrected chi connectivity index (χ4v) is 2.95. The Kier molecular flexibility index (Phi) is 4.93. The lowest BCUT2D eigenvalue weighted by Gasteiger charge is -2.12. The van der Waals surface area contributed by atoms with E-state index in [0.29, 0.717) is 6.07 Å². The number of aromatic nitrogens is 1. The first-order chi connectivity index (χ1) is 13.1. The highest BCUT2D eigenvalue weighted by atomic mass is 19.4. The first kappa shape index (κ1) is 19.5. The van der Waals surface area contributed by atoms with Gasteiger partial charge >= 0.3 is 12.1 Å². The SMILES string of the molecule is O=C(CC(C(=O)O)c1c[nH]c2cc(C(F)(F)F)ccc12)c1ccc(F)cc1F. The molecule has 1 atom stereocenters. The second-order valence-corrected chi connectivity index (χ2v) is 6.14. The molecule has 0 amide bonds. The van der Waals surface area contributed by atoms with Crippen LogP contribution in [0.4, 0.5) is 22.0 Å². The number of Topliss-reactive ketones (excluding diaryl/α,β-unsaturated/α-hetero) is 1. The van der Waals surface area contributed by atoms with Crippen LogP contribution in [0.1, 0.15) is 33.8 Å². The van der Waals surface area contributed by atoms with E-state index in [1.54, 1.807) is 0 Å². The van der Waals surface area contributed by atoms with E-state index in [1.807, 2.05) is 0 Å². The molecule has 3 rings (SSSR count). The first-order valence-corrected chi connectivity index (χ1v) is 7.97. The molecule has 2 N–H and O–H groups in total. The van der Waals surface area contributed by atoms with Crippen molar-refractivity contribution in [1.29, 1.82) is 0 Å². The number of carboxylic acids is 1. The van der Waals surface area contributed by atoms with Crippen molar-refractivity contribution >= 4 is 22.7 Å². The van der Waals surface area contributed by atoms with Crippen LogP contribution >= 0.6 is 0 Å². The summed E-state index contributed by atoms with van der Waals surface area (Å²) >= 11 is 0. The summed E-state index contributed by atoms with van der Waals surface area (Å²) in [5.41, 5.74) is -1.24. The van der Waals surface area contributed by atoms with Gasteiger partial charge < -0.3 is 10.1 Å². The number of ketones is 1. The lowest BCUT2D eigenvalue weighted by Crippen LogP contribution is -2.17. The Morgan fingerprint density at radius 3 is 2.39 bits per heavy atom. The number of benzene rings is 2. The Hall–Kier alpha value is -3.23. The molecule has 28 heavy (non-hydrogen) atoms. The Labute approximate surface area is 154 Å². The number of aliphatic carboxylic acids is 1. The quantitative estimate of drug-likeness (QED) is 0.475. The largest absolute Gasteiger partial charge is 0.481 e. The lowest BCUT2D eigenvalue weighted by atomic mass is 9.91. The number of nitrogens with one attached hydrogen (secondary N) is 1. The standard InChI is InChI=1S/C19H12F5NO3/c20-10-2-4-12(15(21)6-10)17(26)7-13(18(27)28)14-8-25-16-5-9(19(22,23)24)1-3-11(14)16/h1-6,8,13,25H,7H2,(H,27,28). The van der Waals surface area contributed by atoms with Gasteiger partial charge in [-0.1, -0.05) is 6.07 Å². The summed E-state index contributed by atoms with van der Waals surface area (Å²) in [7, 11) is 0. The number of hydrogen-bond acceptors (Lipinski definition) is 2. The third-order valence-corrected chi connectivity index (χ3v) is 4.34. The molecule has 0 aliphatic rings. The molecule has 0 saturated carbocycles. The molecule has 9 heteroatoms. The van der Waals surface area contributed by atoms with Crippen LogP contribution in [0.3, 0.4) is 0 Å². The number of H-pyrrole nitrogens is 1. The highest BCUT2D eigenvalue weighted by Gasteiger charge is 2.32. The number of fused-ring (bicyclic) bond motifs is 1. The number of aromatic amines is 1. The molecule has 0 aliphatic heterocycles. The maximum atomic E-state index is 13.8. The van der Waals surface area contributed by atoms with Crippen LogP contribution in [-0.2, 0) is 11.0 Å². The van der Waals surface area contributed by atoms with Crippen LogP contribution in [0.5, 0.6) is 0 Å². The van der Waals surface area contributed by atoms with Crippen molar-refractivity contribution in [3.63, 3.8) is 0 Å². The lowest BCUT2D eigenvalue weighted by molar-refractivity contribution is -0.139. The molecule has 0 spiro atoms. The second-order valence-electron chi connectivity index (χ2n) is 6.14. The van der Waals surface area contributed by atoms with Crippen LogP contribution in [0.15, 0.2) is 42.6 Å². The number of rotatable bonds is 5. The molecule has 2 aromatic carbocycles. The van der Waals surface area contributed by atoms with E-state index < -0.39 is 53.0 Å². The van der Waals surface area contributed by atoms with Crippen molar-refractivity contribution in [2.75, 3.05) is 0 Å². The number of carbonyl (C=O) groups is 2. The molecule has 1 aromatic heterocycles. The summed E-state index contributed by atoms with van der Waals surface area (Å²) in [6.45, 7) is 0. The number of hydrogen-bond donors (Lipinski definition) is 2. The van der Waals surface area contributed by atoms with Gasteiger partial charge in [0.25, 0.3) is 0 Å². The Bertz CT molecular complexity index is 1070. The summed E-state index contributed by atoms with van der Waals surface area (Å²) in [6.07, 6.45) is -4.01. The predicted octanol–water partition coefficient (Wildman–Crippen LogP) is 4.91. The molecular weight excluding hydrogens is 385 g/mol. The van der Waals surface area contributed by atoms with Gasteiger partial charge in [0.15, 0.2) is 5.78 Å². The summed E-state index contributed by atoms with van der Waals surface area (Å²) in [5.74, 6) is -5.71. The maximum absolute atomic E-state index is 13.8. The van der Waals surface area contributed by atoms with Crippen molar-refractivity contribution in [3.05, 3.63) is 70.9 Å². The molecule has 0 aliphatic carbocycles. The van der Waals surface area contributed by atoms with Gasteiger partial charge in [-0.2, -0.15) is 13.2 Å². The zero-order valence-electron chi connectivity index (χ0n) is 14.0. The van der Waals surface area contributed by atoms with Crippen LogP contribution in [-0.4, -0.2) is 21.8 Å². The number of carboxylic acid groups (broad SMARTS) is 1. The fraction of sp³-hybridized carbons (Fsp3) is 0.158. The highest BCUT2D eigenvalue weighted by molar-refractivity contribution is 6.00. The van der Waals surface area contributed by atoms with Crippen LogP contribution in [0.25, 0.3) is 10.9 Å². The molecule has 1 heterocycles. The van der Waals surface area contributed by atoms with Crippen molar-refractivity contribution in [1.82, 2.24) is 4.98 Å². The van der Waals surface area contributed by atoms with E-state index in [1.165, 1.54) is 6.20 Å². The summed E-state index contributed by atoms with van der Waals surface area (Å²) in [4.78, 5) is 26.6. The van der Waals surface area contributed by atoms with E-state index in [4.69, 9.17) is 0 Å².